The van der Waals surface area contributed by atoms with E-state index in [0.29, 0.717) is 17.6 Å². The third-order valence-corrected chi connectivity index (χ3v) is 4.25. The third kappa shape index (κ3) is 3.42. The van der Waals surface area contributed by atoms with Crippen LogP contribution in [-0.2, 0) is 9.59 Å². The molecule has 2 rings (SSSR count). The Morgan fingerprint density at radius 1 is 1.00 bits per heavy atom. The van der Waals surface area contributed by atoms with Crippen LogP contribution in [0, 0.1) is 11.8 Å². The zero-order valence-electron chi connectivity index (χ0n) is 10.2. The molecule has 94 valence electrons. The third-order valence-electron chi connectivity index (χ3n) is 4.25. The van der Waals surface area contributed by atoms with E-state index in [-0.39, 0.29) is 0 Å². The lowest BCUT2D eigenvalue weighted by atomic mass is 9.72. The number of hydrogen-bond donors (Lipinski definition) is 1. The Labute approximate surface area is 102 Å². The van der Waals surface area contributed by atoms with Crippen molar-refractivity contribution in [1.82, 2.24) is 0 Å². The van der Waals surface area contributed by atoms with Gasteiger partial charge in [-0.2, -0.15) is 0 Å². The van der Waals surface area contributed by atoms with Crippen molar-refractivity contribution in [2.75, 3.05) is 0 Å². The maximum absolute atomic E-state index is 11.2. The number of ketones is 1. The summed E-state index contributed by atoms with van der Waals surface area (Å²) >= 11 is 0. The fraction of sp³-hybridized carbons (Fsp3) is 0.714. The Morgan fingerprint density at radius 3 is 1.94 bits per heavy atom. The molecule has 2 saturated carbocycles. The largest absolute Gasteiger partial charge is 0.478 e. The number of carboxylic acid groups (broad SMARTS) is 1. The van der Waals surface area contributed by atoms with Crippen molar-refractivity contribution >= 4 is 11.8 Å². The van der Waals surface area contributed by atoms with Gasteiger partial charge in [-0.25, -0.2) is 4.79 Å². The summed E-state index contributed by atoms with van der Waals surface area (Å²) in [5.41, 5.74) is 1.08. The van der Waals surface area contributed by atoms with Crippen molar-refractivity contribution in [2.45, 2.75) is 51.4 Å². The standard InChI is InChI=1S/C14H20O3/c15-13-7-5-12(6-8-13)11-3-1-10(2-4-11)9-14(16)17/h9,11-12H,1-8H2,(H,16,17). The molecule has 0 amide bonds. The first kappa shape index (κ1) is 12.3. The molecule has 0 aromatic heterocycles. The summed E-state index contributed by atoms with van der Waals surface area (Å²) in [4.78, 5) is 21.8. The summed E-state index contributed by atoms with van der Waals surface area (Å²) < 4.78 is 0. The molecule has 0 radical (unpaired) electrons. The molecule has 0 heterocycles. The van der Waals surface area contributed by atoms with Crippen LogP contribution in [0.4, 0.5) is 0 Å². The Bertz CT molecular complexity index is 323. The fourth-order valence-electron chi connectivity index (χ4n) is 3.23. The smallest absolute Gasteiger partial charge is 0.328 e. The van der Waals surface area contributed by atoms with Crippen LogP contribution >= 0.6 is 0 Å². The first-order chi connectivity index (χ1) is 8.15. The highest BCUT2D eigenvalue weighted by atomic mass is 16.4. The molecule has 17 heavy (non-hydrogen) atoms. The summed E-state index contributed by atoms with van der Waals surface area (Å²) in [5, 5.41) is 8.70. The minimum atomic E-state index is -0.818. The molecule has 0 atom stereocenters. The zero-order chi connectivity index (χ0) is 12.3. The first-order valence-electron chi connectivity index (χ1n) is 6.59. The van der Waals surface area contributed by atoms with Crippen LogP contribution in [0.2, 0.25) is 0 Å². The minimum absolute atomic E-state index is 0.420. The zero-order valence-corrected chi connectivity index (χ0v) is 10.2. The molecule has 3 nitrogen and oxygen atoms in total. The van der Waals surface area contributed by atoms with E-state index in [4.69, 9.17) is 5.11 Å². The molecule has 3 heteroatoms. The van der Waals surface area contributed by atoms with Gasteiger partial charge in [0.05, 0.1) is 0 Å². The van der Waals surface area contributed by atoms with E-state index in [1.54, 1.807) is 0 Å². The van der Waals surface area contributed by atoms with Crippen LogP contribution in [0.5, 0.6) is 0 Å². The lowest BCUT2D eigenvalue weighted by Gasteiger charge is -2.33. The molecule has 2 aliphatic carbocycles. The van der Waals surface area contributed by atoms with Gasteiger partial charge in [-0.3, -0.25) is 4.79 Å². The van der Waals surface area contributed by atoms with Crippen molar-refractivity contribution in [3.8, 4) is 0 Å². The molecule has 2 fully saturated rings. The van der Waals surface area contributed by atoms with Crippen LogP contribution in [0.25, 0.3) is 0 Å². The second-order valence-corrected chi connectivity index (χ2v) is 5.35. The van der Waals surface area contributed by atoms with Crippen molar-refractivity contribution in [3.63, 3.8) is 0 Å². The highest BCUT2D eigenvalue weighted by Gasteiger charge is 2.28. The van der Waals surface area contributed by atoms with Crippen LogP contribution in [-0.4, -0.2) is 16.9 Å². The summed E-state index contributed by atoms with van der Waals surface area (Å²) in [6.07, 6.45) is 9.10. The second-order valence-electron chi connectivity index (χ2n) is 5.35. The number of aliphatic carboxylic acids is 1. The molecular formula is C14H20O3. The van der Waals surface area contributed by atoms with Crippen molar-refractivity contribution in [2.24, 2.45) is 11.8 Å². The number of allylic oxidation sites excluding steroid dienone is 1. The van der Waals surface area contributed by atoms with Crippen LogP contribution in [0.3, 0.4) is 0 Å². The maximum atomic E-state index is 11.2. The monoisotopic (exact) mass is 236 g/mol. The average Bonchev–Trinajstić information content (AvgIpc) is 2.30. The van der Waals surface area contributed by atoms with Crippen molar-refractivity contribution < 1.29 is 14.7 Å². The predicted molar refractivity (Wildman–Crippen MR) is 64.6 cm³/mol. The molecule has 1 N–H and O–H groups in total. The molecule has 0 saturated heterocycles. The van der Waals surface area contributed by atoms with Gasteiger partial charge in [0.2, 0.25) is 0 Å². The van der Waals surface area contributed by atoms with E-state index in [9.17, 15) is 9.59 Å². The Kier molecular flexibility index (Phi) is 3.97. The molecule has 0 aromatic carbocycles. The number of carbonyl (C=O) groups is 2. The lowest BCUT2D eigenvalue weighted by Crippen LogP contribution is -2.24. The number of Topliss-reactive ketones (excluding diaryl/α,β-unsaturated/α-hetero) is 1. The Hall–Kier alpha value is -1.12. The van der Waals surface area contributed by atoms with Gasteiger partial charge in [0.1, 0.15) is 5.78 Å². The van der Waals surface area contributed by atoms with E-state index in [2.05, 4.69) is 0 Å². The summed E-state index contributed by atoms with van der Waals surface area (Å²) in [5.74, 6) is 1.03. The number of carboxylic acids is 1. The quantitative estimate of drug-likeness (QED) is 0.750. The molecule has 0 unspecified atom stereocenters. The van der Waals surface area contributed by atoms with E-state index in [0.717, 1.165) is 56.9 Å². The lowest BCUT2D eigenvalue weighted by molar-refractivity contribution is -0.131. The van der Waals surface area contributed by atoms with Gasteiger partial charge in [-0.1, -0.05) is 5.57 Å². The van der Waals surface area contributed by atoms with Crippen LogP contribution in [0.15, 0.2) is 11.6 Å². The summed E-state index contributed by atoms with van der Waals surface area (Å²) in [7, 11) is 0. The second kappa shape index (κ2) is 5.48. The van der Waals surface area contributed by atoms with Gasteiger partial charge >= 0.3 is 5.97 Å². The first-order valence-corrected chi connectivity index (χ1v) is 6.59. The van der Waals surface area contributed by atoms with Gasteiger partial charge in [-0.05, 0) is 50.4 Å². The van der Waals surface area contributed by atoms with Gasteiger partial charge < -0.3 is 5.11 Å². The molecule has 2 aliphatic rings. The summed E-state index contributed by atoms with van der Waals surface area (Å²) in [6.45, 7) is 0. The fourth-order valence-corrected chi connectivity index (χ4v) is 3.23. The van der Waals surface area contributed by atoms with E-state index < -0.39 is 5.97 Å². The predicted octanol–water partition coefficient (Wildman–Crippen LogP) is 2.95. The SMILES string of the molecule is O=C(O)C=C1CCC(C2CCC(=O)CC2)CC1. The molecule has 0 aliphatic heterocycles. The Balaban J connectivity index is 1.83. The molecule has 0 aromatic rings. The number of carbonyl (C=O) groups excluding carboxylic acids is 1. The number of rotatable bonds is 2. The Morgan fingerprint density at radius 2 is 1.47 bits per heavy atom. The molecule has 0 spiro atoms. The van der Waals surface area contributed by atoms with Gasteiger partial charge in [-0.15, -0.1) is 0 Å². The topological polar surface area (TPSA) is 54.4 Å². The minimum Gasteiger partial charge on any atom is -0.478 e. The normalized spacial score (nSPS) is 26.9. The molecular weight excluding hydrogens is 216 g/mol. The van der Waals surface area contributed by atoms with E-state index >= 15 is 0 Å². The van der Waals surface area contributed by atoms with Crippen LogP contribution < -0.4 is 0 Å². The van der Waals surface area contributed by atoms with E-state index in [1.165, 1.54) is 6.08 Å². The molecule has 0 bridgehead atoms. The van der Waals surface area contributed by atoms with Crippen molar-refractivity contribution in [1.29, 1.82) is 0 Å². The van der Waals surface area contributed by atoms with Crippen LogP contribution in [0.1, 0.15) is 51.4 Å². The van der Waals surface area contributed by atoms with Crippen molar-refractivity contribution in [3.05, 3.63) is 11.6 Å². The highest BCUT2D eigenvalue weighted by Crippen LogP contribution is 2.38. The summed E-state index contributed by atoms with van der Waals surface area (Å²) in [6, 6.07) is 0. The highest BCUT2D eigenvalue weighted by molar-refractivity contribution is 5.80. The van der Waals surface area contributed by atoms with Gasteiger partial charge in [0.25, 0.3) is 0 Å². The maximum Gasteiger partial charge on any atom is 0.328 e. The van der Waals surface area contributed by atoms with E-state index in [1.807, 2.05) is 0 Å². The van der Waals surface area contributed by atoms with Gasteiger partial charge in [0, 0.05) is 18.9 Å². The number of hydrogen-bond acceptors (Lipinski definition) is 2. The van der Waals surface area contributed by atoms with Gasteiger partial charge in [0.15, 0.2) is 0 Å². The average molecular weight is 236 g/mol.